The Morgan fingerprint density at radius 3 is 2.64 bits per heavy atom. The lowest BCUT2D eigenvalue weighted by molar-refractivity contribution is 0.477. The van der Waals surface area contributed by atoms with E-state index in [4.69, 9.17) is 5.73 Å². The smallest absolute Gasteiger partial charge is 0.125 e. The predicted octanol–water partition coefficient (Wildman–Crippen LogP) is 1.98. The number of phenols is 1. The molecule has 14 heavy (non-hydrogen) atoms. The van der Waals surface area contributed by atoms with Gasteiger partial charge in [0.1, 0.15) is 5.75 Å². The number of nitrogens with zero attached hydrogens (tertiary/aromatic N) is 1. The number of anilines is 1. The number of aromatic nitrogens is 1. The molecule has 0 unspecified atom stereocenters. The molecule has 0 saturated carbocycles. The van der Waals surface area contributed by atoms with Crippen LogP contribution in [0.15, 0.2) is 36.7 Å². The highest BCUT2D eigenvalue weighted by Gasteiger charge is 2.04. The molecule has 3 heteroatoms. The minimum Gasteiger partial charge on any atom is -0.507 e. The highest BCUT2D eigenvalue weighted by molar-refractivity contribution is 5.72. The molecule has 72 valence electrons. The van der Waals surface area contributed by atoms with Gasteiger partial charge >= 0.3 is 0 Å². The lowest BCUT2D eigenvalue weighted by Crippen LogP contribution is -1.85. The Kier molecular flexibility index (Phi) is 1.93. The maximum absolute atomic E-state index is 9.66. The van der Waals surface area contributed by atoms with Crippen molar-refractivity contribution in [1.29, 1.82) is 0 Å². The number of aryl methyl sites for hydroxylation is 1. The number of phenolic OH excluding ortho intramolecular Hbond substituents is 1. The van der Waals surface area contributed by atoms with E-state index < -0.39 is 0 Å². The fourth-order valence-electron chi connectivity index (χ4n) is 1.46. The first-order valence-electron chi connectivity index (χ1n) is 4.37. The van der Waals surface area contributed by atoms with Gasteiger partial charge in [0.15, 0.2) is 0 Å². The largest absolute Gasteiger partial charge is 0.507 e. The van der Waals surface area contributed by atoms with Crippen LogP contribution in [-0.2, 0) is 7.05 Å². The van der Waals surface area contributed by atoms with Crippen molar-refractivity contribution in [2.24, 2.45) is 7.05 Å². The van der Waals surface area contributed by atoms with Crippen LogP contribution in [0.5, 0.6) is 5.75 Å². The third-order valence-corrected chi connectivity index (χ3v) is 2.16. The summed E-state index contributed by atoms with van der Waals surface area (Å²) in [4.78, 5) is 0. The van der Waals surface area contributed by atoms with E-state index in [1.807, 2.05) is 36.1 Å². The fourth-order valence-corrected chi connectivity index (χ4v) is 1.46. The molecule has 2 rings (SSSR count). The van der Waals surface area contributed by atoms with Crippen LogP contribution < -0.4 is 5.73 Å². The molecule has 3 nitrogen and oxygen atoms in total. The molecule has 0 spiro atoms. The Bertz CT molecular complexity index is 460. The van der Waals surface area contributed by atoms with Crippen molar-refractivity contribution < 1.29 is 5.11 Å². The minimum atomic E-state index is 0.219. The Morgan fingerprint density at radius 1 is 1.29 bits per heavy atom. The topological polar surface area (TPSA) is 51.2 Å². The molecule has 3 N–H and O–H groups in total. The van der Waals surface area contributed by atoms with Crippen LogP contribution in [0.3, 0.4) is 0 Å². The Labute approximate surface area is 82.4 Å². The molecular formula is C11H12N2O. The number of benzene rings is 1. The first kappa shape index (κ1) is 8.69. The van der Waals surface area contributed by atoms with Crippen molar-refractivity contribution in [2.75, 3.05) is 5.73 Å². The van der Waals surface area contributed by atoms with Crippen molar-refractivity contribution >= 4 is 5.69 Å². The van der Waals surface area contributed by atoms with E-state index in [0.717, 1.165) is 11.1 Å². The van der Waals surface area contributed by atoms with Gasteiger partial charge in [0.25, 0.3) is 0 Å². The van der Waals surface area contributed by atoms with E-state index in [-0.39, 0.29) is 5.75 Å². The quantitative estimate of drug-likeness (QED) is 0.672. The minimum absolute atomic E-state index is 0.219. The molecule has 0 bridgehead atoms. The molecule has 0 fully saturated rings. The van der Waals surface area contributed by atoms with Crippen LogP contribution >= 0.6 is 0 Å². The molecule has 0 radical (unpaired) electrons. The number of nitrogen functional groups attached to an aromatic ring is 1. The summed E-state index contributed by atoms with van der Waals surface area (Å²) in [7, 11) is 1.94. The summed E-state index contributed by atoms with van der Waals surface area (Å²) in [6, 6.07) is 7.11. The SMILES string of the molecule is Cn1ccc(-c2ccc(N)cc2O)c1. The van der Waals surface area contributed by atoms with E-state index >= 15 is 0 Å². The van der Waals surface area contributed by atoms with Crippen molar-refractivity contribution in [1.82, 2.24) is 4.57 Å². The van der Waals surface area contributed by atoms with Gasteiger partial charge in [-0.25, -0.2) is 0 Å². The lowest BCUT2D eigenvalue weighted by atomic mass is 10.1. The normalized spacial score (nSPS) is 10.4. The summed E-state index contributed by atoms with van der Waals surface area (Å²) in [5.41, 5.74) is 7.91. The monoisotopic (exact) mass is 188 g/mol. The van der Waals surface area contributed by atoms with Gasteiger partial charge < -0.3 is 15.4 Å². The van der Waals surface area contributed by atoms with Gasteiger partial charge in [0.05, 0.1) is 0 Å². The first-order chi connectivity index (χ1) is 6.66. The molecule has 0 aliphatic heterocycles. The van der Waals surface area contributed by atoms with Gasteiger partial charge in [-0.3, -0.25) is 0 Å². The van der Waals surface area contributed by atoms with Crippen molar-refractivity contribution in [3.63, 3.8) is 0 Å². The van der Waals surface area contributed by atoms with Gasteiger partial charge in [-0.05, 0) is 18.2 Å². The average Bonchev–Trinajstić information content (AvgIpc) is 2.51. The first-order valence-corrected chi connectivity index (χ1v) is 4.37. The summed E-state index contributed by atoms with van der Waals surface area (Å²) in [6.07, 6.45) is 3.89. The van der Waals surface area contributed by atoms with Crippen LogP contribution in [0.4, 0.5) is 5.69 Å². The molecule has 0 aliphatic carbocycles. The Hall–Kier alpha value is -1.90. The zero-order valence-electron chi connectivity index (χ0n) is 7.94. The van der Waals surface area contributed by atoms with Crippen LogP contribution in [0.25, 0.3) is 11.1 Å². The number of rotatable bonds is 1. The summed E-state index contributed by atoms with van der Waals surface area (Å²) in [6.45, 7) is 0. The Morgan fingerprint density at radius 2 is 2.07 bits per heavy atom. The zero-order chi connectivity index (χ0) is 10.1. The van der Waals surface area contributed by atoms with Gasteiger partial charge in [-0.15, -0.1) is 0 Å². The summed E-state index contributed by atoms with van der Waals surface area (Å²) < 4.78 is 1.94. The summed E-state index contributed by atoms with van der Waals surface area (Å²) >= 11 is 0. The van der Waals surface area contributed by atoms with Crippen molar-refractivity contribution in [3.8, 4) is 16.9 Å². The summed E-state index contributed by atoms with van der Waals surface area (Å²) in [5.74, 6) is 0.219. The average molecular weight is 188 g/mol. The van der Waals surface area contributed by atoms with Crippen molar-refractivity contribution in [2.45, 2.75) is 0 Å². The number of hydrogen-bond donors (Lipinski definition) is 2. The van der Waals surface area contributed by atoms with Gasteiger partial charge in [-0.2, -0.15) is 0 Å². The second-order valence-electron chi connectivity index (χ2n) is 3.34. The van der Waals surface area contributed by atoms with Crippen LogP contribution in [0.2, 0.25) is 0 Å². The molecule has 0 atom stereocenters. The molecule has 1 aromatic heterocycles. The number of hydrogen-bond acceptors (Lipinski definition) is 2. The molecule has 0 amide bonds. The summed E-state index contributed by atoms with van der Waals surface area (Å²) in [5, 5.41) is 9.66. The molecule has 1 heterocycles. The maximum atomic E-state index is 9.66. The van der Waals surface area contributed by atoms with E-state index in [1.54, 1.807) is 12.1 Å². The highest BCUT2D eigenvalue weighted by atomic mass is 16.3. The second kappa shape index (κ2) is 3.10. The predicted molar refractivity (Wildman–Crippen MR) is 56.9 cm³/mol. The second-order valence-corrected chi connectivity index (χ2v) is 3.34. The van der Waals surface area contributed by atoms with Crippen molar-refractivity contribution in [3.05, 3.63) is 36.7 Å². The molecule has 1 aromatic carbocycles. The van der Waals surface area contributed by atoms with Gasteiger partial charge in [-0.1, -0.05) is 0 Å². The third-order valence-electron chi connectivity index (χ3n) is 2.16. The maximum Gasteiger partial charge on any atom is 0.125 e. The fraction of sp³-hybridized carbons (Fsp3) is 0.0909. The van der Waals surface area contributed by atoms with E-state index in [9.17, 15) is 5.11 Å². The van der Waals surface area contributed by atoms with E-state index in [2.05, 4.69) is 0 Å². The van der Waals surface area contributed by atoms with Gasteiger partial charge in [0.2, 0.25) is 0 Å². The van der Waals surface area contributed by atoms with E-state index in [0.29, 0.717) is 5.69 Å². The standard InChI is InChI=1S/C11H12N2O/c1-13-5-4-8(7-13)10-3-2-9(12)6-11(10)14/h2-7,14H,12H2,1H3. The molecular weight excluding hydrogens is 176 g/mol. The molecule has 2 aromatic rings. The number of aromatic hydroxyl groups is 1. The zero-order valence-corrected chi connectivity index (χ0v) is 7.94. The van der Waals surface area contributed by atoms with Crippen LogP contribution in [0, 0.1) is 0 Å². The molecule has 0 saturated heterocycles. The number of nitrogens with two attached hydrogens (primary N) is 1. The third kappa shape index (κ3) is 1.44. The van der Waals surface area contributed by atoms with Crippen LogP contribution in [-0.4, -0.2) is 9.67 Å². The Balaban J connectivity index is 2.52. The van der Waals surface area contributed by atoms with E-state index in [1.165, 1.54) is 0 Å². The van der Waals surface area contributed by atoms with Crippen LogP contribution in [0.1, 0.15) is 0 Å². The highest BCUT2D eigenvalue weighted by Crippen LogP contribution is 2.30. The molecule has 0 aliphatic rings. The van der Waals surface area contributed by atoms with Gasteiger partial charge in [0, 0.05) is 42.3 Å². The lowest BCUT2D eigenvalue weighted by Gasteiger charge is -2.02.